The van der Waals surface area contributed by atoms with Crippen LogP contribution in [-0.4, -0.2) is 17.9 Å². The molecule has 0 bridgehead atoms. The lowest BCUT2D eigenvalue weighted by molar-refractivity contribution is -0.148. The first-order chi connectivity index (χ1) is 12.0. The number of ketones is 1. The van der Waals surface area contributed by atoms with Crippen LogP contribution < -0.4 is 0 Å². The number of benzene rings is 1. The molecule has 1 aliphatic rings. The molecule has 1 saturated carbocycles. The third-order valence-corrected chi connectivity index (χ3v) is 5.27. The zero-order chi connectivity index (χ0) is 18.2. The molecule has 1 aliphatic carbocycles. The van der Waals surface area contributed by atoms with Crippen molar-refractivity contribution in [1.29, 1.82) is 0 Å². The molecule has 25 heavy (non-hydrogen) atoms. The van der Waals surface area contributed by atoms with Gasteiger partial charge in [0, 0.05) is 12.8 Å². The molecule has 2 atom stereocenters. The second-order valence-corrected chi connectivity index (χ2v) is 7.64. The molecule has 0 amide bonds. The topological polar surface area (TPSA) is 43.4 Å². The van der Waals surface area contributed by atoms with Gasteiger partial charge in [0.2, 0.25) is 0 Å². The number of hydrogen-bond donors (Lipinski definition) is 0. The van der Waals surface area contributed by atoms with Gasteiger partial charge in [-0.25, -0.2) is 0 Å². The summed E-state index contributed by atoms with van der Waals surface area (Å²) in [6, 6.07) is 7.95. The van der Waals surface area contributed by atoms with Crippen LogP contribution in [0.3, 0.4) is 0 Å². The van der Waals surface area contributed by atoms with Crippen molar-refractivity contribution in [1.82, 2.24) is 0 Å². The highest BCUT2D eigenvalue weighted by molar-refractivity contribution is 6.29. The van der Waals surface area contributed by atoms with Crippen molar-refractivity contribution in [3.05, 3.63) is 35.4 Å². The standard InChI is InChI=1S/C21H29ClO3/c1-3-6-19(23)13-15(2)25-21(24)20(22)18-11-9-17(10-12-18)14-16-7-4-5-8-16/h9-12,15-16,20H,3-8,13-14H2,1-2H3. The summed E-state index contributed by atoms with van der Waals surface area (Å²) in [5, 5.41) is -0.829. The van der Waals surface area contributed by atoms with E-state index in [2.05, 4.69) is 12.1 Å². The van der Waals surface area contributed by atoms with Crippen molar-refractivity contribution >= 4 is 23.4 Å². The zero-order valence-corrected chi connectivity index (χ0v) is 16.1. The maximum absolute atomic E-state index is 12.2. The van der Waals surface area contributed by atoms with Crippen LogP contribution in [0.1, 0.15) is 75.3 Å². The molecule has 0 radical (unpaired) electrons. The van der Waals surface area contributed by atoms with E-state index in [1.54, 1.807) is 6.92 Å². The van der Waals surface area contributed by atoms with Crippen molar-refractivity contribution in [3.8, 4) is 0 Å². The Morgan fingerprint density at radius 2 is 1.84 bits per heavy atom. The molecule has 0 saturated heterocycles. The maximum Gasteiger partial charge on any atom is 0.328 e. The largest absolute Gasteiger partial charge is 0.461 e. The molecule has 3 nitrogen and oxygen atoms in total. The van der Waals surface area contributed by atoms with Crippen molar-refractivity contribution in [2.24, 2.45) is 5.92 Å². The van der Waals surface area contributed by atoms with Crippen LogP contribution in [0.5, 0.6) is 0 Å². The highest BCUT2D eigenvalue weighted by Crippen LogP contribution is 2.29. The number of rotatable bonds is 9. The van der Waals surface area contributed by atoms with E-state index in [0.29, 0.717) is 6.42 Å². The van der Waals surface area contributed by atoms with E-state index in [-0.39, 0.29) is 12.2 Å². The predicted octanol–water partition coefficient (Wildman–Crippen LogP) is 5.39. The number of esters is 1. The van der Waals surface area contributed by atoms with Crippen molar-refractivity contribution < 1.29 is 14.3 Å². The summed E-state index contributed by atoms with van der Waals surface area (Å²) in [5.74, 6) is 0.427. The van der Waals surface area contributed by atoms with E-state index >= 15 is 0 Å². The summed E-state index contributed by atoms with van der Waals surface area (Å²) in [6.07, 6.45) is 7.59. The van der Waals surface area contributed by atoms with Gasteiger partial charge in [-0.05, 0) is 36.8 Å². The van der Waals surface area contributed by atoms with E-state index in [1.807, 2.05) is 19.1 Å². The molecule has 4 heteroatoms. The van der Waals surface area contributed by atoms with Crippen LogP contribution in [0.2, 0.25) is 0 Å². The molecule has 1 aromatic rings. The molecular formula is C21H29ClO3. The summed E-state index contributed by atoms with van der Waals surface area (Å²) in [4.78, 5) is 23.8. The van der Waals surface area contributed by atoms with Crippen LogP contribution in [-0.2, 0) is 20.7 Å². The van der Waals surface area contributed by atoms with Crippen molar-refractivity contribution in [2.75, 3.05) is 0 Å². The molecule has 0 heterocycles. The Balaban J connectivity index is 1.84. The molecule has 0 N–H and O–H groups in total. The van der Waals surface area contributed by atoms with E-state index in [4.69, 9.17) is 16.3 Å². The van der Waals surface area contributed by atoms with Gasteiger partial charge in [-0.15, -0.1) is 11.6 Å². The van der Waals surface area contributed by atoms with Crippen molar-refractivity contribution in [3.63, 3.8) is 0 Å². The number of carbonyl (C=O) groups is 2. The van der Waals surface area contributed by atoms with Gasteiger partial charge in [-0.1, -0.05) is 56.9 Å². The molecule has 2 rings (SSSR count). The van der Waals surface area contributed by atoms with Gasteiger partial charge in [0.05, 0.1) is 0 Å². The zero-order valence-electron chi connectivity index (χ0n) is 15.3. The number of halogens is 1. The highest BCUT2D eigenvalue weighted by atomic mass is 35.5. The van der Waals surface area contributed by atoms with Crippen LogP contribution >= 0.6 is 11.6 Å². The van der Waals surface area contributed by atoms with E-state index in [0.717, 1.165) is 24.3 Å². The first kappa shape index (κ1) is 20.0. The lowest BCUT2D eigenvalue weighted by Gasteiger charge is -2.16. The first-order valence-electron chi connectivity index (χ1n) is 9.44. The quantitative estimate of drug-likeness (QED) is 0.435. The Morgan fingerprint density at radius 1 is 1.20 bits per heavy atom. The van der Waals surface area contributed by atoms with Gasteiger partial charge in [-0.2, -0.15) is 0 Å². The van der Waals surface area contributed by atoms with Crippen LogP contribution in [0.4, 0.5) is 0 Å². The van der Waals surface area contributed by atoms with Crippen LogP contribution in [0, 0.1) is 5.92 Å². The molecule has 0 spiro atoms. The Morgan fingerprint density at radius 3 is 2.44 bits per heavy atom. The first-order valence-corrected chi connectivity index (χ1v) is 9.88. The Bertz CT molecular complexity index is 561. The third kappa shape index (κ3) is 6.47. The summed E-state index contributed by atoms with van der Waals surface area (Å²) < 4.78 is 5.33. The molecule has 0 aliphatic heterocycles. The van der Waals surface area contributed by atoms with Gasteiger partial charge < -0.3 is 4.74 Å². The summed E-state index contributed by atoms with van der Waals surface area (Å²) >= 11 is 6.26. The second-order valence-electron chi connectivity index (χ2n) is 7.20. The average molecular weight is 365 g/mol. The Hall–Kier alpha value is -1.35. The summed E-state index contributed by atoms with van der Waals surface area (Å²) in [5.41, 5.74) is 2.04. The highest BCUT2D eigenvalue weighted by Gasteiger charge is 2.23. The van der Waals surface area contributed by atoms with E-state index in [1.165, 1.54) is 31.2 Å². The molecule has 2 unspecified atom stereocenters. The number of carbonyl (C=O) groups excluding carboxylic acids is 2. The Kier molecular flexibility index (Phi) is 7.95. The number of ether oxygens (including phenoxy) is 1. The number of alkyl halides is 1. The summed E-state index contributed by atoms with van der Waals surface area (Å²) in [7, 11) is 0. The Labute approximate surface area is 156 Å². The fourth-order valence-corrected chi connectivity index (χ4v) is 3.70. The minimum absolute atomic E-state index is 0.116. The summed E-state index contributed by atoms with van der Waals surface area (Å²) in [6.45, 7) is 3.69. The third-order valence-electron chi connectivity index (χ3n) is 4.84. The molecule has 138 valence electrons. The monoisotopic (exact) mass is 364 g/mol. The molecule has 1 fully saturated rings. The fourth-order valence-electron chi connectivity index (χ4n) is 3.51. The molecule has 1 aromatic carbocycles. The SMILES string of the molecule is CCCC(=O)CC(C)OC(=O)C(Cl)c1ccc(CC2CCCC2)cc1. The van der Waals surface area contributed by atoms with E-state index < -0.39 is 17.5 Å². The normalized spacial score (nSPS) is 17.2. The molecule has 0 aromatic heterocycles. The minimum atomic E-state index is -0.829. The van der Waals surface area contributed by atoms with E-state index in [9.17, 15) is 9.59 Å². The smallest absolute Gasteiger partial charge is 0.328 e. The minimum Gasteiger partial charge on any atom is -0.461 e. The maximum atomic E-state index is 12.2. The van der Waals surface area contributed by atoms with Gasteiger partial charge in [0.15, 0.2) is 5.38 Å². The average Bonchev–Trinajstić information content (AvgIpc) is 3.07. The second kappa shape index (κ2) is 9.96. The molecular weight excluding hydrogens is 336 g/mol. The fraction of sp³-hybridized carbons (Fsp3) is 0.619. The van der Waals surface area contributed by atoms with Crippen molar-refractivity contribution in [2.45, 2.75) is 76.7 Å². The number of hydrogen-bond acceptors (Lipinski definition) is 3. The van der Waals surface area contributed by atoms with Crippen LogP contribution in [0.15, 0.2) is 24.3 Å². The number of Topliss-reactive ketones (excluding diaryl/α,β-unsaturated/α-hetero) is 1. The van der Waals surface area contributed by atoms with Gasteiger partial charge in [-0.3, -0.25) is 9.59 Å². The predicted molar refractivity (Wildman–Crippen MR) is 101 cm³/mol. The lowest BCUT2D eigenvalue weighted by atomic mass is 9.97. The van der Waals surface area contributed by atoms with Gasteiger partial charge in [0.1, 0.15) is 11.9 Å². The van der Waals surface area contributed by atoms with Crippen LogP contribution in [0.25, 0.3) is 0 Å². The van der Waals surface area contributed by atoms with Gasteiger partial charge >= 0.3 is 5.97 Å². The van der Waals surface area contributed by atoms with Gasteiger partial charge in [0.25, 0.3) is 0 Å². The lowest BCUT2D eigenvalue weighted by Crippen LogP contribution is -2.21.